The Bertz CT molecular complexity index is 369. The van der Waals surface area contributed by atoms with Gasteiger partial charge in [0.2, 0.25) is 0 Å². The van der Waals surface area contributed by atoms with E-state index >= 15 is 0 Å². The normalized spacial score (nSPS) is 16.7. The van der Waals surface area contributed by atoms with E-state index in [4.69, 9.17) is 0 Å². The number of rotatable bonds is 3. The molecule has 0 aromatic carbocycles. The smallest absolute Gasteiger partial charge is 0.183 e. The van der Waals surface area contributed by atoms with E-state index < -0.39 is 0 Å². The Labute approximate surface area is 90.3 Å². The summed E-state index contributed by atoms with van der Waals surface area (Å²) in [6.45, 7) is 6.21. The molecule has 0 amide bonds. The van der Waals surface area contributed by atoms with Crippen LogP contribution in [0.1, 0.15) is 62.1 Å². The molecule has 1 aliphatic carbocycles. The topological polar surface area (TPSA) is 45.8 Å². The number of aromatic nitrogens is 2. The van der Waals surface area contributed by atoms with Crippen LogP contribution in [0.2, 0.25) is 0 Å². The van der Waals surface area contributed by atoms with Crippen LogP contribution in [-0.2, 0) is 0 Å². The van der Waals surface area contributed by atoms with Gasteiger partial charge >= 0.3 is 0 Å². The summed E-state index contributed by atoms with van der Waals surface area (Å²) >= 11 is 0. The van der Waals surface area contributed by atoms with E-state index in [-0.39, 0.29) is 11.2 Å². The molecule has 0 saturated heterocycles. The molecule has 82 valence electrons. The monoisotopic (exact) mass is 206 g/mol. The summed E-state index contributed by atoms with van der Waals surface area (Å²) in [5.74, 6) is 0.777. The quantitative estimate of drug-likeness (QED) is 0.773. The fourth-order valence-corrected chi connectivity index (χ4v) is 1.66. The van der Waals surface area contributed by atoms with Crippen LogP contribution >= 0.6 is 0 Å². The zero-order valence-corrected chi connectivity index (χ0v) is 9.63. The van der Waals surface area contributed by atoms with Crippen molar-refractivity contribution < 1.29 is 4.79 Å². The summed E-state index contributed by atoms with van der Waals surface area (Å²) < 4.78 is 0. The lowest BCUT2D eigenvalue weighted by atomic mass is 9.89. The third-order valence-electron chi connectivity index (χ3n) is 2.59. The first-order valence-corrected chi connectivity index (χ1v) is 5.54. The van der Waals surface area contributed by atoms with Crippen LogP contribution < -0.4 is 0 Å². The number of hydrogen-bond acceptors (Lipinski definition) is 2. The maximum atomic E-state index is 11.8. The van der Waals surface area contributed by atoms with Crippen molar-refractivity contribution >= 4 is 5.78 Å². The van der Waals surface area contributed by atoms with Crippen molar-refractivity contribution in [3.05, 3.63) is 17.5 Å². The van der Waals surface area contributed by atoms with Crippen LogP contribution in [0.4, 0.5) is 0 Å². The van der Waals surface area contributed by atoms with Crippen LogP contribution in [0.15, 0.2) is 6.07 Å². The first kappa shape index (κ1) is 10.4. The van der Waals surface area contributed by atoms with Crippen molar-refractivity contribution in [2.75, 3.05) is 0 Å². The molecule has 1 aromatic rings. The van der Waals surface area contributed by atoms with Crippen molar-refractivity contribution in [2.45, 2.75) is 46.0 Å². The molecule has 0 spiro atoms. The number of carbonyl (C=O) groups is 1. The van der Waals surface area contributed by atoms with E-state index in [1.807, 2.05) is 6.07 Å². The van der Waals surface area contributed by atoms with Crippen molar-refractivity contribution in [1.29, 1.82) is 0 Å². The summed E-state index contributed by atoms with van der Waals surface area (Å²) in [5.41, 5.74) is 1.77. The first-order valence-electron chi connectivity index (χ1n) is 5.54. The lowest BCUT2D eigenvalue weighted by molar-refractivity contribution is 0.0935. The SMILES string of the molecule is CC(C)(C)CC(=O)c1cc(C2CC2)[nH]n1. The van der Waals surface area contributed by atoms with Gasteiger partial charge in [-0.3, -0.25) is 9.89 Å². The molecular weight excluding hydrogens is 188 g/mol. The molecule has 0 radical (unpaired) electrons. The molecule has 1 fully saturated rings. The van der Waals surface area contributed by atoms with Crippen molar-refractivity contribution in [3.8, 4) is 0 Å². The highest BCUT2D eigenvalue weighted by Gasteiger charge is 2.27. The molecule has 0 unspecified atom stereocenters. The number of nitrogens with zero attached hydrogens (tertiary/aromatic N) is 1. The first-order chi connectivity index (χ1) is 6.96. The van der Waals surface area contributed by atoms with Gasteiger partial charge in [-0.1, -0.05) is 20.8 Å². The van der Waals surface area contributed by atoms with Crippen molar-refractivity contribution in [2.24, 2.45) is 5.41 Å². The third kappa shape index (κ3) is 2.67. The standard InChI is InChI=1S/C12H18N2O/c1-12(2,3)7-11(15)10-6-9(13-14-10)8-4-5-8/h6,8H,4-5,7H2,1-3H3,(H,13,14). The van der Waals surface area contributed by atoms with Gasteiger partial charge in [-0.25, -0.2) is 0 Å². The zero-order chi connectivity index (χ0) is 11.1. The molecule has 0 atom stereocenters. The van der Waals surface area contributed by atoms with Crippen LogP contribution in [-0.4, -0.2) is 16.0 Å². The number of aromatic amines is 1. The molecule has 1 heterocycles. The van der Waals surface area contributed by atoms with Crippen LogP contribution in [0, 0.1) is 5.41 Å². The summed E-state index contributed by atoms with van der Waals surface area (Å²) in [7, 11) is 0. The highest BCUT2D eigenvalue weighted by atomic mass is 16.1. The minimum absolute atomic E-state index is 0.0375. The lowest BCUT2D eigenvalue weighted by Crippen LogP contribution is -2.13. The van der Waals surface area contributed by atoms with Gasteiger partial charge in [0, 0.05) is 18.0 Å². The highest BCUT2D eigenvalue weighted by Crippen LogP contribution is 2.39. The van der Waals surface area contributed by atoms with E-state index in [9.17, 15) is 4.79 Å². The van der Waals surface area contributed by atoms with Gasteiger partial charge in [-0.05, 0) is 24.3 Å². The molecule has 0 aliphatic heterocycles. The number of hydrogen-bond donors (Lipinski definition) is 1. The van der Waals surface area contributed by atoms with E-state index in [0.717, 1.165) is 5.69 Å². The number of ketones is 1. The van der Waals surface area contributed by atoms with Crippen LogP contribution in [0.5, 0.6) is 0 Å². The highest BCUT2D eigenvalue weighted by molar-refractivity contribution is 5.94. The van der Waals surface area contributed by atoms with Gasteiger partial charge in [0.25, 0.3) is 0 Å². The molecule has 1 N–H and O–H groups in total. The third-order valence-corrected chi connectivity index (χ3v) is 2.59. The Morgan fingerprint density at radius 3 is 2.73 bits per heavy atom. The van der Waals surface area contributed by atoms with Gasteiger partial charge in [0.1, 0.15) is 5.69 Å². The van der Waals surface area contributed by atoms with Gasteiger partial charge in [-0.2, -0.15) is 5.10 Å². The maximum absolute atomic E-state index is 11.8. The zero-order valence-electron chi connectivity index (χ0n) is 9.63. The summed E-state index contributed by atoms with van der Waals surface area (Å²) in [6, 6.07) is 1.92. The Morgan fingerprint density at radius 1 is 1.53 bits per heavy atom. The molecule has 2 rings (SSSR count). The average Bonchev–Trinajstić information content (AvgIpc) is 2.81. The minimum Gasteiger partial charge on any atom is -0.292 e. The van der Waals surface area contributed by atoms with Gasteiger partial charge in [0.05, 0.1) is 0 Å². The Morgan fingerprint density at radius 2 is 2.20 bits per heavy atom. The molecule has 3 heteroatoms. The molecule has 1 aliphatic rings. The van der Waals surface area contributed by atoms with E-state index in [1.165, 1.54) is 12.8 Å². The molecule has 3 nitrogen and oxygen atoms in total. The second-order valence-corrected chi connectivity index (χ2v) is 5.64. The van der Waals surface area contributed by atoms with E-state index in [0.29, 0.717) is 18.0 Å². The predicted molar refractivity (Wildman–Crippen MR) is 59.0 cm³/mol. The number of Topliss-reactive ketones (excluding diaryl/α,β-unsaturated/α-hetero) is 1. The molecule has 0 bridgehead atoms. The van der Waals surface area contributed by atoms with Gasteiger partial charge < -0.3 is 0 Å². The maximum Gasteiger partial charge on any atom is 0.183 e. The van der Waals surface area contributed by atoms with Crippen LogP contribution in [0.25, 0.3) is 0 Å². The Balaban J connectivity index is 2.05. The lowest BCUT2D eigenvalue weighted by Gasteiger charge is -2.15. The second kappa shape index (κ2) is 3.47. The fraction of sp³-hybridized carbons (Fsp3) is 0.667. The predicted octanol–water partition coefficient (Wildman–Crippen LogP) is 2.91. The van der Waals surface area contributed by atoms with Gasteiger partial charge in [0.15, 0.2) is 5.78 Å². The molecule has 1 aromatic heterocycles. The summed E-state index contributed by atoms with van der Waals surface area (Å²) in [6.07, 6.45) is 3.02. The second-order valence-electron chi connectivity index (χ2n) is 5.64. The van der Waals surface area contributed by atoms with E-state index in [1.54, 1.807) is 0 Å². The molecule has 1 saturated carbocycles. The Kier molecular flexibility index (Phi) is 2.41. The number of carbonyl (C=O) groups excluding carboxylic acids is 1. The summed E-state index contributed by atoms with van der Waals surface area (Å²) in [5, 5.41) is 7.05. The largest absolute Gasteiger partial charge is 0.292 e. The van der Waals surface area contributed by atoms with Crippen LogP contribution in [0.3, 0.4) is 0 Å². The van der Waals surface area contributed by atoms with Crippen molar-refractivity contribution in [1.82, 2.24) is 10.2 Å². The fourth-order valence-electron chi connectivity index (χ4n) is 1.66. The summed E-state index contributed by atoms with van der Waals surface area (Å²) in [4.78, 5) is 11.8. The van der Waals surface area contributed by atoms with Gasteiger partial charge in [-0.15, -0.1) is 0 Å². The Hall–Kier alpha value is -1.12. The van der Waals surface area contributed by atoms with Crippen molar-refractivity contribution in [3.63, 3.8) is 0 Å². The molecular formula is C12H18N2O. The minimum atomic E-state index is 0.0375. The molecule has 15 heavy (non-hydrogen) atoms. The number of nitrogens with one attached hydrogen (secondary N) is 1. The van der Waals surface area contributed by atoms with E-state index in [2.05, 4.69) is 31.0 Å². The number of H-pyrrole nitrogens is 1. The average molecular weight is 206 g/mol.